The lowest BCUT2D eigenvalue weighted by Crippen LogP contribution is -2.25. The van der Waals surface area contributed by atoms with E-state index in [2.05, 4.69) is 20.5 Å². The second kappa shape index (κ2) is 15.3. The van der Waals surface area contributed by atoms with Crippen LogP contribution in [0.25, 0.3) is 0 Å². The molecule has 0 radical (unpaired) electrons. The molecule has 0 saturated carbocycles. The lowest BCUT2D eigenvalue weighted by Gasteiger charge is -2.17. The monoisotopic (exact) mass is 417 g/mol. The summed E-state index contributed by atoms with van der Waals surface area (Å²) >= 11 is 0. The van der Waals surface area contributed by atoms with Crippen LogP contribution < -0.4 is 4.74 Å². The first kappa shape index (κ1) is 25.2. The second-order valence-electron chi connectivity index (χ2n) is 5.11. The van der Waals surface area contributed by atoms with Crippen LogP contribution in [0.4, 0.5) is 0 Å². The highest BCUT2D eigenvalue weighted by atomic mass is 31.1. The maximum Gasteiger partial charge on any atom is 0.166 e. The van der Waals surface area contributed by atoms with Gasteiger partial charge in [0.05, 0.1) is 6.61 Å². The molecule has 26 heavy (non-hydrogen) atoms. The van der Waals surface area contributed by atoms with Crippen LogP contribution >= 0.6 is 25.5 Å². The Morgan fingerprint density at radius 1 is 1.00 bits per heavy atom. The number of rotatable bonds is 3. The van der Waals surface area contributed by atoms with Gasteiger partial charge in [0.1, 0.15) is 18.5 Å². The molecule has 2 aromatic rings. The Hall–Kier alpha value is -0.760. The lowest BCUT2D eigenvalue weighted by atomic mass is 10.2. The van der Waals surface area contributed by atoms with Crippen LogP contribution in [0.2, 0.25) is 0 Å². The molecule has 3 rings (SSSR count). The van der Waals surface area contributed by atoms with Crippen LogP contribution in [0.3, 0.4) is 0 Å². The molecule has 1 unspecified atom stereocenters. The predicted octanol–water partition coefficient (Wildman–Crippen LogP) is 6.19. The molecule has 1 aromatic heterocycles. The Kier molecular flexibility index (Phi) is 14.9. The summed E-state index contributed by atoms with van der Waals surface area (Å²) in [6.45, 7) is 15.0. The molecule has 1 aromatic carbocycles. The molecule has 6 nitrogen and oxygen atoms in total. The van der Waals surface area contributed by atoms with Crippen molar-refractivity contribution in [3.05, 3.63) is 29.8 Å². The maximum absolute atomic E-state index is 5.65. The first-order valence-corrected chi connectivity index (χ1v) is 11.2. The minimum atomic E-state index is -0.471. The third kappa shape index (κ3) is 11.8. The van der Waals surface area contributed by atoms with Crippen LogP contribution in [0.5, 0.6) is 5.75 Å². The van der Waals surface area contributed by atoms with Gasteiger partial charge in [0, 0.05) is 0 Å². The molecule has 0 amide bonds. The first-order chi connectivity index (χ1) is 12.6. The molecule has 0 N–H and O–H groups in total. The van der Waals surface area contributed by atoms with Gasteiger partial charge in [-0.05, 0) is 32.9 Å². The summed E-state index contributed by atoms with van der Waals surface area (Å²) in [5.74, 6) is 0.403. The summed E-state index contributed by atoms with van der Waals surface area (Å²) in [6, 6.07) is 8.00. The molecular formula is C17H30N3O3P3. The molecule has 9 heteroatoms. The fourth-order valence-corrected chi connectivity index (χ4v) is 3.60. The number of hydrogen-bond acceptors (Lipinski definition) is 6. The van der Waals surface area contributed by atoms with Crippen molar-refractivity contribution in [2.75, 3.05) is 13.2 Å². The molecule has 1 atom stereocenters. The molecule has 1 aliphatic heterocycles. The standard InChI is InChI=1S/C13H18O3.2C2H6.N3P3/c1-10-4-6-11(7-5-10)14-8-12-9-15-13(2,3)16-12;2*1-2;1-4-2-6-3-5-1/h4-7,12H,8-9H2,1-3H3;2*1-2H3;. The van der Waals surface area contributed by atoms with Crippen molar-refractivity contribution in [1.29, 1.82) is 0 Å². The zero-order valence-electron chi connectivity index (χ0n) is 16.7. The van der Waals surface area contributed by atoms with Gasteiger partial charge in [-0.3, -0.25) is 0 Å². The number of aromatic nitrogens is 3. The van der Waals surface area contributed by atoms with Gasteiger partial charge in [-0.2, -0.15) is 13.5 Å². The average Bonchev–Trinajstić information content (AvgIpc) is 3.05. The molecule has 0 aliphatic carbocycles. The number of hydrogen-bond donors (Lipinski definition) is 0. The van der Waals surface area contributed by atoms with E-state index < -0.39 is 5.79 Å². The van der Waals surface area contributed by atoms with Crippen LogP contribution in [-0.2, 0) is 9.47 Å². The molecular weight excluding hydrogens is 387 g/mol. The van der Waals surface area contributed by atoms with Gasteiger partial charge >= 0.3 is 0 Å². The minimum Gasteiger partial charge on any atom is -0.491 e. The summed E-state index contributed by atoms with van der Waals surface area (Å²) in [5, 5.41) is 0. The molecule has 146 valence electrons. The smallest absolute Gasteiger partial charge is 0.166 e. The van der Waals surface area contributed by atoms with E-state index in [4.69, 9.17) is 14.2 Å². The van der Waals surface area contributed by atoms with Gasteiger partial charge in [0.25, 0.3) is 0 Å². The van der Waals surface area contributed by atoms with Crippen LogP contribution in [0, 0.1) is 6.92 Å². The number of benzene rings is 1. The number of ether oxygens (including phenoxy) is 3. The van der Waals surface area contributed by atoms with Gasteiger partial charge in [0.15, 0.2) is 31.3 Å². The quantitative estimate of drug-likeness (QED) is 0.593. The van der Waals surface area contributed by atoms with E-state index >= 15 is 0 Å². The van der Waals surface area contributed by atoms with Crippen LogP contribution in [0.1, 0.15) is 47.1 Å². The van der Waals surface area contributed by atoms with Gasteiger partial charge in [-0.15, -0.1) is 0 Å². The SMILES string of the molecule is CC.CC.Cc1ccc(OCC2COC(C)(C)O2)cc1.n1pnpnp1. The number of nitrogens with zero attached hydrogens (tertiary/aromatic N) is 3. The van der Waals surface area contributed by atoms with Crippen molar-refractivity contribution in [2.24, 2.45) is 0 Å². The van der Waals surface area contributed by atoms with Gasteiger partial charge in [0.2, 0.25) is 0 Å². The Bertz CT molecular complexity index is 533. The summed E-state index contributed by atoms with van der Waals surface area (Å²) in [6.07, 6.45) is 0.0244. The third-order valence-corrected chi connectivity index (χ3v) is 4.68. The van der Waals surface area contributed by atoms with E-state index in [1.54, 1.807) is 0 Å². The van der Waals surface area contributed by atoms with E-state index in [-0.39, 0.29) is 6.10 Å². The van der Waals surface area contributed by atoms with Gasteiger partial charge < -0.3 is 14.2 Å². The summed E-state index contributed by atoms with van der Waals surface area (Å²) in [7, 11) is 2.49. The Morgan fingerprint density at radius 3 is 1.88 bits per heavy atom. The summed E-state index contributed by atoms with van der Waals surface area (Å²) in [5.41, 5.74) is 1.23. The van der Waals surface area contributed by atoms with Crippen molar-refractivity contribution in [3.63, 3.8) is 0 Å². The van der Waals surface area contributed by atoms with E-state index in [0.717, 1.165) is 31.3 Å². The molecule has 1 fully saturated rings. The van der Waals surface area contributed by atoms with Gasteiger partial charge in [-0.1, -0.05) is 45.4 Å². The van der Waals surface area contributed by atoms with Crippen molar-refractivity contribution >= 4 is 25.5 Å². The molecule has 2 heterocycles. The Morgan fingerprint density at radius 2 is 1.50 bits per heavy atom. The number of aryl methyl sites for hydroxylation is 1. The fourth-order valence-electron chi connectivity index (χ4n) is 1.78. The predicted molar refractivity (Wildman–Crippen MR) is 112 cm³/mol. The second-order valence-corrected chi connectivity index (χ2v) is 7.79. The first-order valence-electron chi connectivity index (χ1n) is 8.76. The molecule has 0 bridgehead atoms. The van der Waals surface area contributed by atoms with E-state index in [1.807, 2.05) is 65.8 Å². The highest BCUT2D eigenvalue weighted by Gasteiger charge is 2.32. The summed E-state index contributed by atoms with van der Waals surface area (Å²) in [4.78, 5) is 0. The van der Waals surface area contributed by atoms with Crippen molar-refractivity contribution in [2.45, 2.75) is 60.4 Å². The Labute approximate surface area is 162 Å². The van der Waals surface area contributed by atoms with E-state index in [1.165, 1.54) is 5.56 Å². The molecule has 0 spiro atoms. The van der Waals surface area contributed by atoms with E-state index in [9.17, 15) is 0 Å². The highest BCUT2D eigenvalue weighted by Crippen LogP contribution is 2.23. The van der Waals surface area contributed by atoms with Crippen molar-refractivity contribution < 1.29 is 14.2 Å². The van der Waals surface area contributed by atoms with Crippen LogP contribution in [-0.4, -0.2) is 38.6 Å². The van der Waals surface area contributed by atoms with Crippen molar-refractivity contribution in [1.82, 2.24) is 13.5 Å². The van der Waals surface area contributed by atoms with Gasteiger partial charge in [-0.25, -0.2) is 0 Å². The summed E-state index contributed by atoms with van der Waals surface area (Å²) < 4.78 is 28.1. The maximum atomic E-state index is 5.65. The van der Waals surface area contributed by atoms with Crippen LogP contribution in [0.15, 0.2) is 24.3 Å². The molecule has 1 aliphatic rings. The zero-order chi connectivity index (χ0) is 19.8. The van der Waals surface area contributed by atoms with E-state index in [0.29, 0.717) is 13.2 Å². The largest absolute Gasteiger partial charge is 0.491 e. The normalized spacial score (nSPS) is 17.6. The van der Waals surface area contributed by atoms with Crippen molar-refractivity contribution in [3.8, 4) is 5.75 Å². The average molecular weight is 417 g/mol. The third-order valence-electron chi connectivity index (χ3n) is 2.76. The molecule has 1 saturated heterocycles. The highest BCUT2D eigenvalue weighted by molar-refractivity contribution is 7.43. The lowest BCUT2D eigenvalue weighted by molar-refractivity contribution is -0.141. The Balaban J connectivity index is 0.000000521. The zero-order valence-corrected chi connectivity index (χ0v) is 19.4. The topological polar surface area (TPSA) is 66.4 Å². The minimum absolute atomic E-state index is 0.0244. The fraction of sp³-hybridized carbons (Fsp3) is 0.647.